The molecule has 1 aliphatic rings. The highest BCUT2D eigenvalue weighted by Gasteiger charge is 2.36. The number of benzene rings is 2. The van der Waals surface area contributed by atoms with Crippen molar-refractivity contribution in [3.63, 3.8) is 0 Å². The van der Waals surface area contributed by atoms with Crippen LogP contribution in [0.4, 0.5) is 0 Å². The molecule has 156 valence electrons. The molecule has 0 aliphatic heterocycles. The van der Waals surface area contributed by atoms with Crippen LogP contribution in [0.5, 0.6) is 11.5 Å². The Balaban J connectivity index is 2.36. The minimum Gasteiger partial charge on any atom is -0.512 e. The third-order valence-electron chi connectivity index (χ3n) is 5.55. The van der Waals surface area contributed by atoms with Gasteiger partial charge in [0.1, 0.15) is 17.3 Å². The number of hydrogen-bond acceptors (Lipinski definition) is 4. The van der Waals surface area contributed by atoms with E-state index in [1.54, 1.807) is 32.2 Å². The minimum absolute atomic E-state index is 0.109. The molecule has 0 fully saturated rings. The number of allylic oxidation sites excluding steroid dienone is 6. The lowest BCUT2D eigenvalue weighted by Gasteiger charge is -2.33. The molecule has 0 amide bonds. The van der Waals surface area contributed by atoms with Crippen LogP contribution in [-0.2, 0) is 0 Å². The molecule has 0 bridgehead atoms. The summed E-state index contributed by atoms with van der Waals surface area (Å²) in [4.78, 5) is 0. The fourth-order valence-electron chi connectivity index (χ4n) is 4.19. The Morgan fingerprint density at radius 2 is 1.63 bits per heavy atom. The fourth-order valence-corrected chi connectivity index (χ4v) is 4.19. The monoisotopic (exact) mass is 404 g/mol. The normalized spacial score (nSPS) is 16.6. The zero-order valence-corrected chi connectivity index (χ0v) is 17.4. The number of rotatable bonds is 7. The summed E-state index contributed by atoms with van der Waals surface area (Å²) in [6.07, 6.45) is 7.00. The van der Waals surface area contributed by atoms with Gasteiger partial charge in [-0.25, -0.2) is 0 Å². The summed E-state index contributed by atoms with van der Waals surface area (Å²) >= 11 is 0. The summed E-state index contributed by atoms with van der Waals surface area (Å²) in [5, 5.41) is 32.1. The molecule has 2 unspecified atom stereocenters. The summed E-state index contributed by atoms with van der Waals surface area (Å²) in [6.45, 7) is 5.52. The lowest BCUT2D eigenvalue weighted by atomic mass is 9.71. The van der Waals surface area contributed by atoms with E-state index in [2.05, 4.69) is 6.58 Å². The molecule has 0 heterocycles. The minimum atomic E-state index is -0.495. The number of phenols is 1. The number of ether oxygens (including phenoxy) is 1. The summed E-state index contributed by atoms with van der Waals surface area (Å²) in [6, 6.07) is 14.7. The van der Waals surface area contributed by atoms with E-state index in [4.69, 9.17) is 4.74 Å². The first kappa shape index (κ1) is 21.3. The maximum Gasteiger partial charge on any atom is 0.122 e. The highest BCUT2D eigenvalue weighted by Crippen LogP contribution is 2.50. The first-order valence-electron chi connectivity index (χ1n) is 10.0. The number of methoxy groups -OCH3 is 1. The van der Waals surface area contributed by atoms with Crippen LogP contribution in [0, 0.1) is 0 Å². The molecule has 2 aromatic carbocycles. The van der Waals surface area contributed by atoms with Crippen LogP contribution in [0.2, 0.25) is 0 Å². The van der Waals surface area contributed by atoms with Crippen molar-refractivity contribution >= 4 is 0 Å². The largest absolute Gasteiger partial charge is 0.512 e. The number of para-hydroxylation sites is 2. The molecular weight excluding hydrogens is 376 g/mol. The van der Waals surface area contributed by atoms with Gasteiger partial charge in [-0.05, 0) is 49.1 Å². The van der Waals surface area contributed by atoms with Crippen molar-refractivity contribution < 1.29 is 20.1 Å². The van der Waals surface area contributed by atoms with Gasteiger partial charge in [0.25, 0.3) is 0 Å². The van der Waals surface area contributed by atoms with Gasteiger partial charge in [0, 0.05) is 23.0 Å². The molecule has 30 heavy (non-hydrogen) atoms. The van der Waals surface area contributed by atoms with Gasteiger partial charge in [-0.15, -0.1) is 0 Å². The lowest BCUT2D eigenvalue weighted by molar-refractivity contribution is 0.381. The van der Waals surface area contributed by atoms with Crippen LogP contribution in [0.1, 0.15) is 42.7 Å². The highest BCUT2D eigenvalue weighted by molar-refractivity contribution is 5.55. The number of phenolic OH excluding ortho intramolecular Hbond substituents is 1. The van der Waals surface area contributed by atoms with Crippen LogP contribution in [0.25, 0.3) is 0 Å². The molecule has 4 nitrogen and oxygen atoms in total. The number of aromatic hydroxyl groups is 1. The van der Waals surface area contributed by atoms with Crippen molar-refractivity contribution in [1.82, 2.24) is 0 Å². The first-order chi connectivity index (χ1) is 14.5. The van der Waals surface area contributed by atoms with E-state index >= 15 is 0 Å². The molecule has 0 radical (unpaired) electrons. The first-order valence-corrected chi connectivity index (χ1v) is 10.0. The average Bonchev–Trinajstić information content (AvgIpc) is 2.75. The van der Waals surface area contributed by atoms with Gasteiger partial charge in [0.2, 0.25) is 0 Å². The van der Waals surface area contributed by atoms with E-state index in [0.29, 0.717) is 16.9 Å². The van der Waals surface area contributed by atoms with E-state index in [0.717, 1.165) is 24.0 Å². The Labute approximate surface area is 177 Å². The Morgan fingerprint density at radius 1 is 1.00 bits per heavy atom. The summed E-state index contributed by atoms with van der Waals surface area (Å²) < 4.78 is 5.65. The van der Waals surface area contributed by atoms with E-state index in [1.165, 1.54) is 0 Å². The third-order valence-corrected chi connectivity index (χ3v) is 5.55. The van der Waals surface area contributed by atoms with Crippen molar-refractivity contribution in [2.45, 2.75) is 31.6 Å². The van der Waals surface area contributed by atoms with Gasteiger partial charge < -0.3 is 20.1 Å². The zero-order valence-electron chi connectivity index (χ0n) is 17.4. The van der Waals surface area contributed by atoms with E-state index in [9.17, 15) is 15.3 Å². The topological polar surface area (TPSA) is 69.9 Å². The van der Waals surface area contributed by atoms with Gasteiger partial charge in [0.15, 0.2) is 0 Å². The quantitative estimate of drug-likeness (QED) is 0.366. The summed E-state index contributed by atoms with van der Waals surface area (Å²) in [7, 11) is 1.61. The Morgan fingerprint density at radius 3 is 2.23 bits per heavy atom. The fraction of sp³-hybridized carbons (Fsp3) is 0.231. The maximum absolute atomic E-state index is 10.8. The average molecular weight is 405 g/mol. The van der Waals surface area contributed by atoms with Crippen molar-refractivity contribution in [2.24, 2.45) is 0 Å². The number of aliphatic hydroxyl groups is 2. The molecule has 2 atom stereocenters. The molecule has 3 N–H and O–H groups in total. The second-order valence-electron chi connectivity index (χ2n) is 7.33. The van der Waals surface area contributed by atoms with Gasteiger partial charge >= 0.3 is 0 Å². The maximum atomic E-state index is 10.8. The summed E-state index contributed by atoms with van der Waals surface area (Å²) in [5.41, 5.74) is 2.80. The van der Waals surface area contributed by atoms with Crippen LogP contribution < -0.4 is 4.74 Å². The van der Waals surface area contributed by atoms with E-state index < -0.39 is 11.8 Å². The third kappa shape index (κ3) is 4.13. The van der Waals surface area contributed by atoms with Gasteiger partial charge in [-0.3, -0.25) is 0 Å². The van der Waals surface area contributed by atoms with E-state index in [1.807, 2.05) is 48.6 Å². The molecule has 0 spiro atoms. The molecule has 2 aromatic rings. The van der Waals surface area contributed by atoms with Gasteiger partial charge in [-0.1, -0.05) is 55.1 Å². The molecule has 0 saturated carbocycles. The molecule has 1 aliphatic carbocycles. The number of aliphatic hydroxyl groups excluding tert-OH is 2. The standard InChI is InChI=1S/C26H28O4/c1-4-18(17(2)27)25(19-11-5-8-14-22(19)28)26(20-12-6-9-15-23(20)29)21-13-7-10-16-24(21)30-3/h4-5,7-8,10-16,25-29H,1,6,9H2,2-3H3/b18-17-. The number of hydrogen-bond donors (Lipinski definition) is 3. The molecular formula is C26H28O4. The van der Waals surface area contributed by atoms with Crippen LogP contribution in [0.3, 0.4) is 0 Å². The molecule has 3 rings (SSSR count). The SMILES string of the molecule is C=C/C(=C(\C)O)C(c1ccccc1O)C(C1=CCCC=C1O)c1ccccc1OC. The molecule has 0 aromatic heterocycles. The van der Waals surface area contributed by atoms with Gasteiger partial charge in [-0.2, -0.15) is 0 Å². The lowest BCUT2D eigenvalue weighted by Crippen LogP contribution is -2.19. The predicted octanol–water partition coefficient (Wildman–Crippen LogP) is 6.45. The Kier molecular flexibility index (Phi) is 6.68. The van der Waals surface area contributed by atoms with Crippen molar-refractivity contribution in [3.05, 3.63) is 107 Å². The predicted molar refractivity (Wildman–Crippen MR) is 120 cm³/mol. The summed E-state index contributed by atoms with van der Waals surface area (Å²) in [5.74, 6) is 0.185. The van der Waals surface area contributed by atoms with E-state index in [-0.39, 0.29) is 17.3 Å². The molecule has 0 saturated heterocycles. The van der Waals surface area contributed by atoms with Crippen LogP contribution in [0.15, 0.2) is 96.0 Å². The smallest absolute Gasteiger partial charge is 0.122 e. The second kappa shape index (κ2) is 9.40. The Bertz CT molecular complexity index is 1010. The Hall–Kier alpha value is -3.40. The van der Waals surface area contributed by atoms with Crippen molar-refractivity contribution in [2.75, 3.05) is 7.11 Å². The van der Waals surface area contributed by atoms with Crippen LogP contribution in [-0.4, -0.2) is 22.4 Å². The molecule has 4 heteroatoms. The second-order valence-corrected chi connectivity index (χ2v) is 7.33. The van der Waals surface area contributed by atoms with Crippen LogP contribution >= 0.6 is 0 Å². The van der Waals surface area contributed by atoms with Crippen molar-refractivity contribution in [1.29, 1.82) is 0 Å². The van der Waals surface area contributed by atoms with Crippen molar-refractivity contribution in [3.8, 4) is 11.5 Å². The zero-order chi connectivity index (χ0) is 21.7. The highest BCUT2D eigenvalue weighted by atomic mass is 16.5. The van der Waals surface area contributed by atoms with Gasteiger partial charge in [0.05, 0.1) is 12.9 Å².